The maximum Gasteiger partial charge on any atom is 0.416 e. The van der Waals surface area contributed by atoms with Crippen molar-refractivity contribution in [1.29, 1.82) is 0 Å². The highest BCUT2D eigenvalue weighted by Crippen LogP contribution is 2.38. The minimum atomic E-state index is -4.40. The molecule has 2 aromatic carbocycles. The summed E-state index contributed by atoms with van der Waals surface area (Å²) >= 11 is 0.648. The maximum absolute atomic E-state index is 15.2. The number of rotatable bonds is 6. The molecular weight excluding hydrogens is 444 g/mol. The first-order chi connectivity index (χ1) is 15.4. The lowest BCUT2D eigenvalue weighted by Gasteiger charge is -2.27. The minimum absolute atomic E-state index is 0.0497. The quantitative estimate of drug-likeness (QED) is 0.337. The van der Waals surface area contributed by atoms with Crippen molar-refractivity contribution >= 4 is 23.7 Å². The molecule has 1 saturated heterocycles. The fraction of sp³-hybridized carbons (Fsp3) is 0.273. The van der Waals surface area contributed by atoms with Crippen molar-refractivity contribution in [1.82, 2.24) is 9.97 Å². The molecule has 32 heavy (non-hydrogen) atoms. The number of halogens is 4. The molecule has 168 valence electrons. The van der Waals surface area contributed by atoms with Crippen molar-refractivity contribution in [2.24, 2.45) is 0 Å². The molecule has 0 amide bonds. The van der Waals surface area contributed by atoms with E-state index < -0.39 is 17.6 Å². The number of hydrogen-bond acceptors (Lipinski definition) is 6. The van der Waals surface area contributed by atoms with Crippen LogP contribution in [0.15, 0.2) is 59.8 Å². The van der Waals surface area contributed by atoms with Gasteiger partial charge in [0.15, 0.2) is 11.6 Å². The van der Waals surface area contributed by atoms with Crippen LogP contribution in [0.1, 0.15) is 35.6 Å². The van der Waals surface area contributed by atoms with Crippen molar-refractivity contribution in [2.45, 2.75) is 36.5 Å². The Balaban J connectivity index is 1.52. The summed E-state index contributed by atoms with van der Waals surface area (Å²) in [6.45, 7) is 0.867. The van der Waals surface area contributed by atoms with E-state index in [9.17, 15) is 13.2 Å². The van der Waals surface area contributed by atoms with Crippen LogP contribution in [0.2, 0.25) is 0 Å². The van der Waals surface area contributed by atoms with Crippen LogP contribution in [0.3, 0.4) is 0 Å². The van der Waals surface area contributed by atoms with Crippen molar-refractivity contribution < 1.29 is 22.1 Å². The van der Waals surface area contributed by atoms with E-state index in [0.29, 0.717) is 42.0 Å². The molecule has 2 heterocycles. The van der Waals surface area contributed by atoms with E-state index in [1.165, 1.54) is 18.5 Å². The summed E-state index contributed by atoms with van der Waals surface area (Å²) in [7, 11) is 0. The normalized spacial score (nSPS) is 16.4. The summed E-state index contributed by atoms with van der Waals surface area (Å²) < 4.78 is 62.9. The Bertz CT molecular complexity index is 1060. The Kier molecular flexibility index (Phi) is 6.52. The number of nitrogens with one attached hydrogen (secondary N) is 1. The van der Waals surface area contributed by atoms with E-state index in [4.69, 9.17) is 4.55 Å². The zero-order chi connectivity index (χ0) is 22.7. The number of nitrogens with zero attached hydrogens (tertiary/aromatic N) is 3. The van der Waals surface area contributed by atoms with Crippen LogP contribution in [-0.2, 0) is 12.7 Å². The summed E-state index contributed by atoms with van der Waals surface area (Å²) in [6.07, 6.45) is -1.67. The van der Waals surface area contributed by atoms with Crippen LogP contribution in [0, 0.1) is 5.82 Å². The molecule has 1 fully saturated rings. The predicted octanol–water partition coefficient (Wildman–Crippen LogP) is 6.15. The van der Waals surface area contributed by atoms with Gasteiger partial charge in [-0.2, -0.15) is 17.6 Å². The second-order valence-corrected chi connectivity index (χ2v) is 8.07. The highest BCUT2D eigenvalue weighted by atomic mass is 32.2. The minimum Gasteiger partial charge on any atom is -0.363 e. The molecule has 3 aromatic rings. The van der Waals surface area contributed by atoms with Gasteiger partial charge in [-0.05, 0) is 48.2 Å². The van der Waals surface area contributed by atoms with Crippen LogP contribution in [-0.4, -0.2) is 21.1 Å². The van der Waals surface area contributed by atoms with Crippen molar-refractivity contribution in [3.63, 3.8) is 0 Å². The van der Waals surface area contributed by atoms with E-state index in [-0.39, 0.29) is 17.7 Å². The molecule has 0 aliphatic carbocycles. The molecule has 1 atom stereocenters. The number of hydrogen-bond donors (Lipinski definition) is 2. The largest absolute Gasteiger partial charge is 0.416 e. The van der Waals surface area contributed by atoms with Gasteiger partial charge in [0.05, 0.1) is 11.6 Å². The molecule has 1 aliphatic heterocycles. The number of aromatic nitrogens is 2. The third-order valence-electron chi connectivity index (χ3n) is 5.41. The Morgan fingerprint density at radius 2 is 1.78 bits per heavy atom. The molecule has 1 aromatic heterocycles. The van der Waals surface area contributed by atoms with Gasteiger partial charge in [-0.3, -0.25) is 0 Å². The van der Waals surface area contributed by atoms with Gasteiger partial charge in [-0.1, -0.05) is 24.3 Å². The molecule has 1 unspecified atom stereocenters. The fourth-order valence-corrected chi connectivity index (χ4v) is 4.06. The molecule has 5 nitrogen and oxygen atoms in total. The molecule has 0 saturated carbocycles. The Morgan fingerprint density at radius 1 is 1.06 bits per heavy atom. The van der Waals surface area contributed by atoms with E-state index in [2.05, 4.69) is 15.3 Å². The zero-order valence-corrected chi connectivity index (χ0v) is 17.6. The Hall–Kier alpha value is -2.85. The third-order valence-corrected chi connectivity index (χ3v) is 5.89. The van der Waals surface area contributed by atoms with Gasteiger partial charge in [0.2, 0.25) is 5.82 Å². The van der Waals surface area contributed by atoms with Crippen LogP contribution in [0.4, 0.5) is 29.2 Å². The first-order valence-corrected chi connectivity index (χ1v) is 10.7. The number of anilines is 2. The van der Waals surface area contributed by atoms with Gasteiger partial charge >= 0.3 is 6.18 Å². The molecule has 0 spiro atoms. The maximum atomic E-state index is 15.2. The molecular formula is C22H20F4N4OS. The number of alkyl halides is 3. The predicted molar refractivity (Wildman–Crippen MR) is 115 cm³/mol. The van der Waals surface area contributed by atoms with Gasteiger partial charge in [0.25, 0.3) is 0 Å². The summed E-state index contributed by atoms with van der Waals surface area (Å²) in [5, 5.41) is 2.96. The molecule has 1 aliphatic rings. The average Bonchev–Trinajstić information content (AvgIpc) is 3.28. The standard InChI is InChI=1S/C22H20F4N4OS/c23-19-20(27-12-14-3-9-17(32-31)10-4-14)28-13-29-21(19)30-11-1-2-18(30)15-5-7-16(8-6-15)22(24,25)26/h3-10,13,18,31H,1-2,11-12H2,(H,27,28,29). The monoisotopic (exact) mass is 464 g/mol. The lowest BCUT2D eigenvalue weighted by Crippen LogP contribution is -2.25. The van der Waals surface area contributed by atoms with Gasteiger partial charge in [-0.25, -0.2) is 9.97 Å². The van der Waals surface area contributed by atoms with E-state index in [1.807, 2.05) is 12.1 Å². The van der Waals surface area contributed by atoms with Crippen LogP contribution in [0.5, 0.6) is 0 Å². The molecule has 0 bridgehead atoms. The third kappa shape index (κ3) is 4.81. The summed E-state index contributed by atoms with van der Waals surface area (Å²) in [6, 6.07) is 11.9. The van der Waals surface area contributed by atoms with Gasteiger partial charge in [0.1, 0.15) is 6.33 Å². The SMILES string of the molecule is OSc1ccc(CNc2ncnc(N3CCCC3c3ccc(C(F)(F)F)cc3)c2F)cc1. The lowest BCUT2D eigenvalue weighted by atomic mass is 10.0. The highest BCUT2D eigenvalue weighted by molar-refractivity contribution is 7.93. The highest BCUT2D eigenvalue weighted by Gasteiger charge is 2.33. The van der Waals surface area contributed by atoms with Crippen LogP contribution < -0.4 is 10.2 Å². The number of benzene rings is 2. The van der Waals surface area contributed by atoms with Crippen molar-refractivity contribution in [3.05, 3.63) is 77.4 Å². The van der Waals surface area contributed by atoms with Crippen molar-refractivity contribution in [3.8, 4) is 0 Å². The van der Waals surface area contributed by atoms with Gasteiger partial charge in [0, 0.05) is 30.0 Å². The van der Waals surface area contributed by atoms with Crippen LogP contribution in [0.25, 0.3) is 0 Å². The van der Waals surface area contributed by atoms with E-state index in [1.54, 1.807) is 17.0 Å². The topological polar surface area (TPSA) is 61.3 Å². The molecule has 4 rings (SSSR count). The Labute approximate surface area is 186 Å². The molecule has 10 heteroatoms. The van der Waals surface area contributed by atoms with Gasteiger partial charge in [-0.15, -0.1) is 0 Å². The summed E-state index contributed by atoms with van der Waals surface area (Å²) in [4.78, 5) is 10.6. The summed E-state index contributed by atoms with van der Waals surface area (Å²) in [5.41, 5.74) is 0.854. The average molecular weight is 464 g/mol. The van der Waals surface area contributed by atoms with Crippen molar-refractivity contribution in [2.75, 3.05) is 16.8 Å². The second kappa shape index (κ2) is 9.33. The van der Waals surface area contributed by atoms with E-state index >= 15 is 4.39 Å². The summed E-state index contributed by atoms with van der Waals surface area (Å²) in [5.74, 6) is -0.431. The lowest BCUT2D eigenvalue weighted by molar-refractivity contribution is -0.137. The van der Waals surface area contributed by atoms with Crippen LogP contribution >= 0.6 is 12.0 Å². The Morgan fingerprint density at radius 3 is 2.44 bits per heavy atom. The molecule has 2 N–H and O–H groups in total. The smallest absolute Gasteiger partial charge is 0.363 e. The second-order valence-electron chi connectivity index (χ2n) is 7.42. The first-order valence-electron chi connectivity index (χ1n) is 9.95. The van der Waals surface area contributed by atoms with Gasteiger partial charge < -0.3 is 14.8 Å². The fourth-order valence-electron chi connectivity index (χ4n) is 3.80. The zero-order valence-electron chi connectivity index (χ0n) is 16.8. The first kappa shape index (κ1) is 22.3. The van der Waals surface area contributed by atoms with E-state index in [0.717, 1.165) is 24.1 Å². The molecule has 0 radical (unpaired) electrons.